The van der Waals surface area contributed by atoms with Crippen LogP contribution < -0.4 is 10.1 Å². The molecule has 1 aromatic carbocycles. The first-order chi connectivity index (χ1) is 10.1. The van der Waals surface area contributed by atoms with Crippen LogP contribution in [-0.2, 0) is 9.59 Å². The summed E-state index contributed by atoms with van der Waals surface area (Å²) in [6.45, 7) is 1.99. The molecule has 0 bridgehead atoms. The highest BCUT2D eigenvalue weighted by atomic mass is 16.5. The van der Waals surface area contributed by atoms with Crippen LogP contribution >= 0.6 is 0 Å². The number of carbonyl (C=O) groups excluding carboxylic acids is 1. The van der Waals surface area contributed by atoms with Crippen molar-refractivity contribution >= 4 is 11.9 Å². The number of para-hydroxylation sites is 1. The van der Waals surface area contributed by atoms with Crippen molar-refractivity contribution in [2.75, 3.05) is 0 Å². The van der Waals surface area contributed by atoms with E-state index in [9.17, 15) is 9.59 Å². The molecule has 0 heterocycles. The number of carboxylic acids is 1. The van der Waals surface area contributed by atoms with Gasteiger partial charge in [0.15, 0.2) is 5.60 Å². The Morgan fingerprint density at radius 3 is 2.52 bits per heavy atom. The first kappa shape index (κ1) is 15.4. The number of hydrogen-bond donors (Lipinski definition) is 2. The standard InChI is InChI=1S/C16H21NO4/c1-2-3-9-13(14(18)19)17-15(20)16(10-11-16)21-12-7-5-4-6-8-12/h4-8,13H,2-3,9-11H2,1H3,(H,17,20)(H,18,19)/t13-/m0/s1. The molecule has 2 N–H and O–H groups in total. The van der Waals surface area contributed by atoms with Crippen molar-refractivity contribution in [2.45, 2.75) is 50.7 Å². The molecule has 0 unspecified atom stereocenters. The highest BCUT2D eigenvalue weighted by Gasteiger charge is 2.53. The summed E-state index contributed by atoms with van der Waals surface area (Å²) in [4.78, 5) is 23.5. The molecule has 0 saturated heterocycles. The molecule has 1 aliphatic carbocycles. The number of aliphatic carboxylic acids is 1. The molecule has 1 aromatic rings. The summed E-state index contributed by atoms with van der Waals surface area (Å²) in [5, 5.41) is 11.8. The molecule has 0 aromatic heterocycles. The molecule has 0 radical (unpaired) electrons. The molecular weight excluding hydrogens is 270 g/mol. The quantitative estimate of drug-likeness (QED) is 0.771. The van der Waals surface area contributed by atoms with Gasteiger partial charge >= 0.3 is 5.97 Å². The largest absolute Gasteiger partial charge is 0.480 e. The number of carboxylic acid groups (broad SMARTS) is 1. The number of ether oxygens (including phenoxy) is 1. The Morgan fingerprint density at radius 2 is 2.00 bits per heavy atom. The van der Waals surface area contributed by atoms with Crippen molar-refractivity contribution in [1.29, 1.82) is 0 Å². The van der Waals surface area contributed by atoms with Gasteiger partial charge in [0.05, 0.1) is 0 Å². The van der Waals surface area contributed by atoms with Crippen LogP contribution in [0.25, 0.3) is 0 Å². The van der Waals surface area contributed by atoms with Gasteiger partial charge in [-0.25, -0.2) is 4.79 Å². The highest BCUT2D eigenvalue weighted by Crippen LogP contribution is 2.40. The third-order valence-electron chi connectivity index (χ3n) is 3.62. The van der Waals surface area contributed by atoms with Gasteiger partial charge in [0, 0.05) is 12.8 Å². The summed E-state index contributed by atoms with van der Waals surface area (Å²) in [5.41, 5.74) is -0.888. The maximum atomic E-state index is 12.3. The Bertz CT molecular complexity index is 496. The maximum absolute atomic E-state index is 12.3. The van der Waals surface area contributed by atoms with Gasteiger partial charge in [-0.3, -0.25) is 4.79 Å². The molecule has 114 valence electrons. The minimum atomic E-state index is -0.993. The molecule has 1 fully saturated rings. The molecule has 0 spiro atoms. The number of rotatable bonds is 8. The maximum Gasteiger partial charge on any atom is 0.326 e. The molecule has 1 saturated carbocycles. The second-order valence-electron chi connectivity index (χ2n) is 5.42. The van der Waals surface area contributed by atoms with Gasteiger partial charge in [-0.1, -0.05) is 38.0 Å². The molecule has 1 aliphatic rings. The monoisotopic (exact) mass is 291 g/mol. The zero-order valence-electron chi connectivity index (χ0n) is 12.2. The lowest BCUT2D eigenvalue weighted by Gasteiger charge is -2.21. The fraction of sp³-hybridized carbons (Fsp3) is 0.500. The van der Waals surface area contributed by atoms with Gasteiger partial charge < -0.3 is 15.2 Å². The SMILES string of the molecule is CCCC[C@H](NC(=O)C1(Oc2ccccc2)CC1)C(=O)O. The van der Waals surface area contributed by atoms with E-state index in [1.807, 2.05) is 25.1 Å². The minimum Gasteiger partial charge on any atom is -0.480 e. The van der Waals surface area contributed by atoms with Crippen LogP contribution in [0.3, 0.4) is 0 Å². The summed E-state index contributed by atoms with van der Waals surface area (Å²) in [5.74, 6) is -0.687. The van der Waals surface area contributed by atoms with Gasteiger partial charge in [0.1, 0.15) is 11.8 Å². The fourth-order valence-electron chi connectivity index (χ4n) is 2.16. The number of unbranched alkanes of at least 4 members (excludes halogenated alkanes) is 1. The Morgan fingerprint density at radius 1 is 1.33 bits per heavy atom. The van der Waals surface area contributed by atoms with E-state index in [0.717, 1.165) is 12.8 Å². The van der Waals surface area contributed by atoms with Gasteiger partial charge in [0.25, 0.3) is 5.91 Å². The average Bonchev–Trinajstić information content (AvgIpc) is 3.25. The van der Waals surface area contributed by atoms with Gasteiger partial charge in [0.2, 0.25) is 0 Å². The highest BCUT2D eigenvalue weighted by molar-refractivity contribution is 5.91. The smallest absolute Gasteiger partial charge is 0.326 e. The number of hydrogen-bond acceptors (Lipinski definition) is 3. The topological polar surface area (TPSA) is 75.6 Å². The van der Waals surface area contributed by atoms with Crippen molar-refractivity contribution in [3.8, 4) is 5.75 Å². The van der Waals surface area contributed by atoms with E-state index in [-0.39, 0.29) is 5.91 Å². The van der Waals surface area contributed by atoms with Crippen molar-refractivity contribution < 1.29 is 19.4 Å². The van der Waals surface area contributed by atoms with Crippen LogP contribution in [0.5, 0.6) is 5.75 Å². The van der Waals surface area contributed by atoms with Crippen molar-refractivity contribution in [2.24, 2.45) is 0 Å². The lowest BCUT2D eigenvalue weighted by atomic mass is 10.1. The second kappa shape index (κ2) is 6.61. The number of benzene rings is 1. The molecule has 2 rings (SSSR count). The molecular formula is C16H21NO4. The molecule has 1 atom stereocenters. The van der Waals surface area contributed by atoms with E-state index in [4.69, 9.17) is 9.84 Å². The van der Waals surface area contributed by atoms with E-state index in [1.54, 1.807) is 12.1 Å². The van der Waals surface area contributed by atoms with Crippen molar-refractivity contribution in [1.82, 2.24) is 5.32 Å². The van der Waals surface area contributed by atoms with Crippen LogP contribution in [0.2, 0.25) is 0 Å². The van der Waals surface area contributed by atoms with Crippen molar-refractivity contribution in [3.05, 3.63) is 30.3 Å². The molecule has 5 heteroatoms. The first-order valence-electron chi connectivity index (χ1n) is 7.35. The van der Waals surface area contributed by atoms with E-state index in [2.05, 4.69) is 5.32 Å². The summed E-state index contributed by atoms with van der Waals surface area (Å²) < 4.78 is 5.75. The number of amides is 1. The minimum absolute atomic E-state index is 0.324. The number of carbonyl (C=O) groups is 2. The van der Waals surface area contributed by atoms with Crippen LogP contribution in [-0.4, -0.2) is 28.6 Å². The molecule has 1 amide bonds. The lowest BCUT2D eigenvalue weighted by molar-refractivity contribution is -0.143. The van der Waals surface area contributed by atoms with Crippen molar-refractivity contribution in [3.63, 3.8) is 0 Å². The zero-order valence-corrected chi connectivity index (χ0v) is 12.2. The van der Waals surface area contributed by atoms with E-state index >= 15 is 0 Å². The van der Waals surface area contributed by atoms with Crippen LogP contribution in [0.4, 0.5) is 0 Å². The predicted octanol–water partition coefficient (Wildman–Crippen LogP) is 2.36. The van der Waals surface area contributed by atoms with Crippen LogP contribution in [0.15, 0.2) is 30.3 Å². The van der Waals surface area contributed by atoms with Crippen LogP contribution in [0.1, 0.15) is 39.0 Å². The lowest BCUT2D eigenvalue weighted by Crippen LogP contribution is -2.48. The normalized spacial score (nSPS) is 16.8. The third-order valence-corrected chi connectivity index (χ3v) is 3.62. The average molecular weight is 291 g/mol. The van der Waals surface area contributed by atoms with Gasteiger partial charge in [-0.2, -0.15) is 0 Å². The second-order valence-corrected chi connectivity index (χ2v) is 5.42. The number of nitrogens with one attached hydrogen (secondary N) is 1. The third kappa shape index (κ3) is 3.97. The molecule has 0 aliphatic heterocycles. The summed E-state index contributed by atoms with van der Waals surface area (Å²) >= 11 is 0. The summed E-state index contributed by atoms with van der Waals surface area (Å²) in [6.07, 6.45) is 3.34. The first-order valence-corrected chi connectivity index (χ1v) is 7.35. The zero-order chi connectivity index (χ0) is 15.3. The van der Waals surface area contributed by atoms with Gasteiger partial charge in [-0.15, -0.1) is 0 Å². The Balaban J connectivity index is 1.96. The Kier molecular flexibility index (Phi) is 4.83. The van der Waals surface area contributed by atoms with Crippen LogP contribution in [0, 0.1) is 0 Å². The summed E-state index contributed by atoms with van der Waals surface area (Å²) in [6, 6.07) is 8.29. The molecule has 21 heavy (non-hydrogen) atoms. The summed E-state index contributed by atoms with van der Waals surface area (Å²) in [7, 11) is 0. The van der Waals surface area contributed by atoms with E-state index in [0.29, 0.717) is 25.0 Å². The fourth-order valence-corrected chi connectivity index (χ4v) is 2.16. The Hall–Kier alpha value is -2.04. The van der Waals surface area contributed by atoms with E-state index < -0.39 is 17.6 Å². The van der Waals surface area contributed by atoms with Gasteiger partial charge in [-0.05, 0) is 18.6 Å². The Labute approximate surface area is 124 Å². The predicted molar refractivity (Wildman–Crippen MR) is 78.1 cm³/mol. The molecule has 5 nitrogen and oxygen atoms in total. The van der Waals surface area contributed by atoms with E-state index in [1.165, 1.54) is 0 Å².